The van der Waals surface area contributed by atoms with Gasteiger partial charge < -0.3 is 0 Å². The first-order valence-corrected chi connectivity index (χ1v) is 5.05. The van der Waals surface area contributed by atoms with Crippen molar-refractivity contribution in [3.8, 4) is 0 Å². The van der Waals surface area contributed by atoms with Crippen LogP contribution < -0.4 is 0 Å². The van der Waals surface area contributed by atoms with Crippen LogP contribution in [0.25, 0.3) is 0 Å². The van der Waals surface area contributed by atoms with Crippen LogP contribution in [0.2, 0.25) is 0 Å². The summed E-state index contributed by atoms with van der Waals surface area (Å²) >= 11 is 0. The predicted octanol–water partition coefficient (Wildman–Crippen LogP) is 3.90. The Hall–Kier alpha value is -0.456. The van der Waals surface area contributed by atoms with Crippen LogP contribution in [-0.4, -0.2) is 0 Å². The summed E-state index contributed by atoms with van der Waals surface area (Å²) in [5.74, 6) is 0. The molecule has 0 aromatic heterocycles. The van der Waals surface area contributed by atoms with Crippen LogP contribution in [0.5, 0.6) is 0 Å². The van der Waals surface area contributed by atoms with Crippen LogP contribution >= 0.6 is 0 Å². The van der Waals surface area contributed by atoms with Gasteiger partial charge in [-0.05, 0) is 0 Å². The minimum Gasteiger partial charge on any atom is -0.184 e. The Balaban J connectivity index is 0.000000267. The van der Waals surface area contributed by atoms with Crippen LogP contribution in [0.4, 0.5) is 0 Å². The van der Waals surface area contributed by atoms with Gasteiger partial charge in [0.15, 0.2) is 0 Å². The molecule has 0 nitrogen and oxygen atoms in total. The molecule has 0 aliphatic rings. The molecule has 0 N–H and O–H groups in total. The molecule has 0 aliphatic carbocycles. The first-order chi connectivity index (χ1) is 7.18. The van der Waals surface area contributed by atoms with Gasteiger partial charge in [-0.1, -0.05) is 20.8 Å². The second-order valence-electron chi connectivity index (χ2n) is 3.67. The van der Waals surface area contributed by atoms with E-state index in [-0.39, 0.29) is 32.7 Å². The van der Waals surface area contributed by atoms with E-state index in [2.05, 4.69) is 39.0 Å². The van der Waals surface area contributed by atoms with E-state index >= 15 is 0 Å². The maximum Gasteiger partial charge on any atom is 0 e. The quantitative estimate of drug-likeness (QED) is 0.644. The van der Waals surface area contributed by atoms with E-state index < -0.39 is 0 Å². The zero-order valence-corrected chi connectivity index (χ0v) is 13.0. The molecular weight excluding hydrogens is 269 g/mol. The van der Waals surface area contributed by atoms with Crippen molar-refractivity contribution in [2.75, 3.05) is 0 Å². The van der Waals surface area contributed by atoms with Crippen molar-refractivity contribution in [3.05, 3.63) is 71.3 Å². The van der Waals surface area contributed by atoms with Crippen LogP contribution in [0.1, 0.15) is 16.7 Å². The molecule has 0 bridgehead atoms. The molecule has 0 unspecified atom stereocenters. The molecule has 1 radical (unpaired) electrons. The van der Waals surface area contributed by atoms with Crippen molar-refractivity contribution in [1.82, 2.24) is 0 Å². The van der Waals surface area contributed by atoms with Gasteiger partial charge in [0.1, 0.15) is 0 Å². The topological polar surface area (TPSA) is 0 Å². The van der Waals surface area contributed by atoms with Gasteiger partial charge in [-0.2, -0.15) is 71.3 Å². The van der Waals surface area contributed by atoms with Crippen molar-refractivity contribution >= 4 is 0 Å². The van der Waals surface area contributed by atoms with Crippen molar-refractivity contribution in [3.63, 3.8) is 0 Å². The van der Waals surface area contributed by atoms with Crippen molar-refractivity contribution in [2.45, 2.75) is 20.8 Å². The van der Waals surface area contributed by atoms with Gasteiger partial charge in [-0.15, -0.1) is 0 Å². The molecule has 0 atom stereocenters. The SMILES string of the molecule is Cc1c[c-]cc(C)c1.Cc1cc[c-]cc1.[Y]. The molecular formula is C15H16Y-2. The van der Waals surface area contributed by atoms with Gasteiger partial charge >= 0.3 is 0 Å². The zero-order chi connectivity index (χ0) is 11.1. The average Bonchev–Trinajstić information content (AvgIpc) is 2.19. The fraction of sp³-hybridized carbons (Fsp3) is 0.200. The Morgan fingerprint density at radius 1 is 0.750 bits per heavy atom. The van der Waals surface area contributed by atoms with Gasteiger partial charge in [-0.25, -0.2) is 0 Å². The smallest absolute Gasteiger partial charge is 0 e. The molecule has 2 rings (SSSR count). The van der Waals surface area contributed by atoms with E-state index in [1.807, 2.05) is 36.4 Å². The molecule has 81 valence electrons. The van der Waals surface area contributed by atoms with E-state index in [4.69, 9.17) is 0 Å². The molecule has 1 heteroatoms. The molecule has 0 spiro atoms. The largest absolute Gasteiger partial charge is 0.184 e. The van der Waals surface area contributed by atoms with Crippen molar-refractivity contribution in [1.29, 1.82) is 0 Å². The number of hydrogen-bond donors (Lipinski definition) is 0. The molecule has 2 aromatic rings. The zero-order valence-electron chi connectivity index (χ0n) is 10.1. The number of benzene rings is 2. The monoisotopic (exact) mass is 285 g/mol. The van der Waals surface area contributed by atoms with Gasteiger partial charge in [0.25, 0.3) is 0 Å². The Labute approximate surface area is 124 Å². The second kappa shape index (κ2) is 8.67. The molecule has 16 heavy (non-hydrogen) atoms. The van der Waals surface area contributed by atoms with Gasteiger partial charge in [-0.3, -0.25) is 0 Å². The standard InChI is InChI=1S/C8H9.C7H7.Y/c1-7-4-3-5-8(2)6-7;1-7-5-3-2-4-6-7;/h4-6H,1-2H3;3-6H,1H3;/q2*-1;. The predicted molar refractivity (Wildman–Crippen MR) is 64.8 cm³/mol. The first kappa shape index (κ1) is 15.5. The first-order valence-electron chi connectivity index (χ1n) is 5.05. The molecule has 0 aliphatic heterocycles. The average molecular weight is 285 g/mol. The van der Waals surface area contributed by atoms with E-state index in [1.54, 1.807) is 0 Å². The minimum absolute atomic E-state index is 0. The summed E-state index contributed by atoms with van der Waals surface area (Å²) in [5.41, 5.74) is 3.86. The van der Waals surface area contributed by atoms with Gasteiger partial charge in [0.05, 0.1) is 0 Å². The van der Waals surface area contributed by atoms with Crippen LogP contribution in [0.3, 0.4) is 0 Å². The summed E-state index contributed by atoms with van der Waals surface area (Å²) in [6, 6.07) is 19.9. The Kier molecular flexibility index (Phi) is 8.42. The van der Waals surface area contributed by atoms with E-state index in [0.29, 0.717) is 0 Å². The Morgan fingerprint density at radius 3 is 1.50 bits per heavy atom. The number of aryl methyl sites for hydroxylation is 3. The molecule has 0 amide bonds. The third-order valence-corrected chi connectivity index (χ3v) is 1.96. The summed E-state index contributed by atoms with van der Waals surface area (Å²) in [6.07, 6.45) is 0. The van der Waals surface area contributed by atoms with Crippen molar-refractivity contribution < 1.29 is 32.7 Å². The normalized spacial score (nSPS) is 8.44. The summed E-state index contributed by atoms with van der Waals surface area (Å²) in [6.45, 7) is 6.21. The van der Waals surface area contributed by atoms with Crippen LogP contribution in [0, 0.1) is 32.9 Å². The molecule has 2 aromatic carbocycles. The van der Waals surface area contributed by atoms with E-state index in [0.717, 1.165) is 0 Å². The Morgan fingerprint density at radius 2 is 1.25 bits per heavy atom. The fourth-order valence-corrected chi connectivity index (χ4v) is 1.22. The summed E-state index contributed by atoms with van der Waals surface area (Å²) in [4.78, 5) is 0. The van der Waals surface area contributed by atoms with E-state index in [9.17, 15) is 0 Å². The van der Waals surface area contributed by atoms with Gasteiger partial charge in [0, 0.05) is 32.7 Å². The summed E-state index contributed by atoms with van der Waals surface area (Å²) < 4.78 is 0. The minimum atomic E-state index is 0. The van der Waals surface area contributed by atoms with Crippen molar-refractivity contribution in [2.24, 2.45) is 0 Å². The van der Waals surface area contributed by atoms with Crippen LogP contribution in [-0.2, 0) is 32.7 Å². The molecule has 0 saturated carbocycles. The number of rotatable bonds is 0. The third-order valence-electron chi connectivity index (χ3n) is 1.96. The maximum atomic E-state index is 3.03. The van der Waals surface area contributed by atoms with Crippen LogP contribution in [0.15, 0.2) is 42.5 Å². The second-order valence-corrected chi connectivity index (χ2v) is 3.67. The van der Waals surface area contributed by atoms with E-state index in [1.165, 1.54) is 16.7 Å². The summed E-state index contributed by atoms with van der Waals surface area (Å²) in [5, 5.41) is 0. The molecule has 0 fully saturated rings. The molecule has 0 heterocycles. The number of hydrogen-bond acceptors (Lipinski definition) is 0. The Bertz CT molecular complexity index is 376. The third kappa shape index (κ3) is 6.92. The maximum absolute atomic E-state index is 3.03. The molecule has 0 saturated heterocycles. The summed E-state index contributed by atoms with van der Waals surface area (Å²) in [7, 11) is 0. The van der Waals surface area contributed by atoms with Gasteiger partial charge in [0.2, 0.25) is 0 Å². The fourth-order valence-electron chi connectivity index (χ4n) is 1.22.